The Hall–Kier alpha value is -2.77. The number of pyridine rings is 1. The predicted octanol–water partition coefficient (Wildman–Crippen LogP) is 8.11. The van der Waals surface area contributed by atoms with Crippen LogP contribution in [0.3, 0.4) is 0 Å². The molecule has 2 N–H and O–H groups in total. The molecule has 0 radical (unpaired) electrons. The van der Waals surface area contributed by atoms with Crippen LogP contribution in [0.15, 0.2) is 30.3 Å². The van der Waals surface area contributed by atoms with Crippen molar-refractivity contribution in [2.45, 2.75) is 74.7 Å². The molecule has 40 heavy (non-hydrogen) atoms. The molecule has 0 bridgehead atoms. The molecule has 3 heterocycles. The summed E-state index contributed by atoms with van der Waals surface area (Å²) in [6, 6.07) is 10.6. The van der Waals surface area contributed by atoms with Gasteiger partial charge in [0.2, 0.25) is 0 Å². The van der Waals surface area contributed by atoms with Crippen LogP contribution in [0.2, 0.25) is 0 Å². The van der Waals surface area contributed by atoms with Crippen molar-refractivity contribution in [1.29, 1.82) is 0 Å². The zero-order valence-electron chi connectivity index (χ0n) is 26.9. The van der Waals surface area contributed by atoms with Crippen molar-refractivity contribution in [3.8, 4) is 5.75 Å². The first kappa shape index (κ1) is 33.4. The predicted molar refractivity (Wildman–Crippen MR) is 179 cm³/mol. The standard InChI is InChI=1S/C28H42N6O.C3H8.C2H6.2H2/c1-6-10-34(11-7-2)28-20-24(35-17-16-33-14-12-32(5)13-15-33)19-27(31-28)30-23-8-9-26-25(18-23)21(3)22(4)29-26;1-3-2;1-2;;/h8-9,18-20,29H,6-7,10-17H2,1-5H3,(H,30,31);3H2,1-2H3;1-2H3;2*1H. The molecule has 7 nitrogen and oxygen atoms in total. The summed E-state index contributed by atoms with van der Waals surface area (Å²) >= 11 is 0. The lowest BCUT2D eigenvalue weighted by Crippen LogP contribution is -2.45. The van der Waals surface area contributed by atoms with Crippen LogP contribution in [0.4, 0.5) is 17.3 Å². The van der Waals surface area contributed by atoms with E-state index in [0.29, 0.717) is 6.61 Å². The fraction of sp³-hybridized carbons (Fsp3) is 0.606. The van der Waals surface area contributed by atoms with Gasteiger partial charge in [0.1, 0.15) is 24.0 Å². The number of aryl methyl sites for hydroxylation is 2. The van der Waals surface area contributed by atoms with E-state index in [2.05, 4.69) is 97.9 Å². The summed E-state index contributed by atoms with van der Waals surface area (Å²) in [6.07, 6.45) is 3.42. The zero-order chi connectivity index (χ0) is 29.5. The van der Waals surface area contributed by atoms with Crippen LogP contribution in [-0.4, -0.2) is 79.2 Å². The summed E-state index contributed by atoms with van der Waals surface area (Å²) < 4.78 is 6.29. The monoisotopic (exact) mass is 556 g/mol. The van der Waals surface area contributed by atoms with Crippen molar-refractivity contribution in [3.63, 3.8) is 0 Å². The number of H-pyrrole nitrogens is 1. The van der Waals surface area contributed by atoms with E-state index in [9.17, 15) is 0 Å². The van der Waals surface area contributed by atoms with Gasteiger partial charge in [0.05, 0.1) is 0 Å². The van der Waals surface area contributed by atoms with E-state index in [0.717, 1.165) is 87.2 Å². The van der Waals surface area contributed by atoms with Crippen LogP contribution in [0.25, 0.3) is 10.9 Å². The maximum Gasteiger partial charge on any atom is 0.136 e. The smallest absolute Gasteiger partial charge is 0.136 e. The minimum atomic E-state index is 0. The van der Waals surface area contributed by atoms with Crippen molar-refractivity contribution >= 4 is 28.2 Å². The highest BCUT2D eigenvalue weighted by molar-refractivity contribution is 5.88. The van der Waals surface area contributed by atoms with Crippen LogP contribution in [0.1, 0.15) is 74.9 Å². The molecule has 7 heteroatoms. The Morgan fingerprint density at radius 2 is 1.62 bits per heavy atom. The highest BCUT2D eigenvalue weighted by atomic mass is 16.5. The third-order valence-electron chi connectivity index (χ3n) is 6.95. The molecule has 0 unspecified atom stereocenters. The third-order valence-corrected chi connectivity index (χ3v) is 6.95. The normalized spacial score (nSPS) is 13.7. The Morgan fingerprint density at radius 1 is 0.975 bits per heavy atom. The molecule has 0 saturated carbocycles. The number of nitrogens with zero attached hydrogens (tertiary/aromatic N) is 4. The van der Waals surface area contributed by atoms with Crippen LogP contribution in [-0.2, 0) is 0 Å². The minimum absolute atomic E-state index is 0. The molecule has 4 rings (SSSR count). The number of nitrogens with one attached hydrogen (secondary N) is 2. The molecule has 2 aromatic heterocycles. The summed E-state index contributed by atoms with van der Waals surface area (Å²) in [5.74, 6) is 2.67. The van der Waals surface area contributed by atoms with E-state index in [1.165, 1.54) is 23.1 Å². The highest BCUT2D eigenvalue weighted by Gasteiger charge is 2.15. The number of anilines is 3. The van der Waals surface area contributed by atoms with E-state index in [-0.39, 0.29) is 2.85 Å². The van der Waals surface area contributed by atoms with E-state index < -0.39 is 0 Å². The molecule has 1 saturated heterocycles. The van der Waals surface area contributed by atoms with Gasteiger partial charge in [-0.15, -0.1) is 0 Å². The number of ether oxygens (including phenoxy) is 1. The van der Waals surface area contributed by atoms with Crippen LogP contribution < -0.4 is 15.0 Å². The average Bonchev–Trinajstić information content (AvgIpc) is 3.24. The van der Waals surface area contributed by atoms with E-state index in [1.807, 2.05) is 19.9 Å². The maximum atomic E-state index is 6.29. The first-order chi connectivity index (χ1) is 19.4. The number of benzene rings is 1. The number of likely N-dealkylation sites (N-methyl/N-ethyl adjacent to an activating group) is 1. The number of piperazine rings is 1. The summed E-state index contributed by atoms with van der Waals surface area (Å²) in [5.41, 5.74) is 4.70. The second-order valence-electron chi connectivity index (χ2n) is 10.5. The summed E-state index contributed by atoms with van der Waals surface area (Å²) in [6.45, 7) is 25.0. The molecule has 3 aromatic rings. The lowest BCUT2D eigenvalue weighted by Gasteiger charge is -2.32. The van der Waals surface area contributed by atoms with Gasteiger partial charge in [-0.1, -0.05) is 48.0 Å². The number of fused-ring (bicyclic) bond motifs is 1. The Bertz CT molecular complexity index is 1130. The van der Waals surface area contributed by atoms with Crippen molar-refractivity contribution in [1.82, 2.24) is 19.8 Å². The van der Waals surface area contributed by atoms with Gasteiger partial charge in [-0.2, -0.15) is 0 Å². The largest absolute Gasteiger partial charge is 0.492 e. The zero-order valence-corrected chi connectivity index (χ0v) is 26.9. The van der Waals surface area contributed by atoms with Gasteiger partial charge >= 0.3 is 0 Å². The van der Waals surface area contributed by atoms with E-state index >= 15 is 0 Å². The molecule has 0 atom stereocenters. The number of hydrogen-bond donors (Lipinski definition) is 2. The fourth-order valence-electron chi connectivity index (χ4n) is 4.73. The number of aromatic nitrogens is 2. The third kappa shape index (κ3) is 10.0. The lowest BCUT2D eigenvalue weighted by atomic mass is 10.1. The lowest BCUT2D eigenvalue weighted by molar-refractivity contribution is 0.134. The highest BCUT2D eigenvalue weighted by Crippen LogP contribution is 2.29. The van der Waals surface area contributed by atoms with Crippen molar-refractivity contribution < 1.29 is 7.59 Å². The van der Waals surface area contributed by atoms with Crippen LogP contribution in [0, 0.1) is 13.8 Å². The molecule has 0 spiro atoms. The molecular formula is C33H60N6O. The first-order valence-corrected chi connectivity index (χ1v) is 15.5. The van der Waals surface area contributed by atoms with Crippen molar-refractivity contribution in [2.24, 2.45) is 0 Å². The van der Waals surface area contributed by atoms with Gasteiger partial charge in [0, 0.05) is 83.1 Å². The SMILES string of the molecule is CC.CCC.CCCN(CCC)c1cc(OCCN2CCN(C)CC2)cc(Nc2ccc3[nH]c(C)c(C)c3c2)n1.[HH].[HH]. The topological polar surface area (TPSA) is 59.7 Å². The van der Waals surface area contributed by atoms with Gasteiger partial charge in [-0.05, 0) is 57.5 Å². The quantitative estimate of drug-likeness (QED) is 0.249. The van der Waals surface area contributed by atoms with Crippen LogP contribution >= 0.6 is 0 Å². The number of aromatic amines is 1. The number of rotatable bonds is 11. The molecular weight excluding hydrogens is 496 g/mol. The van der Waals surface area contributed by atoms with Crippen molar-refractivity contribution in [3.05, 3.63) is 41.6 Å². The van der Waals surface area contributed by atoms with Crippen molar-refractivity contribution in [2.75, 3.05) is 69.7 Å². The Kier molecular flexibility index (Phi) is 14.9. The van der Waals surface area contributed by atoms with Gasteiger partial charge in [0.15, 0.2) is 0 Å². The second-order valence-corrected chi connectivity index (χ2v) is 10.5. The Morgan fingerprint density at radius 3 is 2.25 bits per heavy atom. The molecule has 1 fully saturated rings. The second kappa shape index (κ2) is 17.8. The van der Waals surface area contributed by atoms with Gasteiger partial charge in [-0.3, -0.25) is 4.90 Å². The molecule has 0 aliphatic carbocycles. The fourth-order valence-corrected chi connectivity index (χ4v) is 4.73. The van der Waals surface area contributed by atoms with Gasteiger partial charge in [0.25, 0.3) is 0 Å². The Balaban J connectivity index is 0.00000226. The maximum absolute atomic E-state index is 6.29. The first-order valence-electron chi connectivity index (χ1n) is 15.5. The van der Waals surface area contributed by atoms with E-state index in [1.54, 1.807) is 0 Å². The summed E-state index contributed by atoms with van der Waals surface area (Å²) in [5, 5.41) is 4.79. The Labute approximate surface area is 247 Å². The molecule has 1 aliphatic heterocycles. The summed E-state index contributed by atoms with van der Waals surface area (Å²) in [4.78, 5) is 15.7. The molecule has 1 aromatic carbocycles. The minimum Gasteiger partial charge on any atom is -0.492 e. The number of hydrogen-bond acceptors (Lipinski definition) is 6. The molecule has 0 amide bonds. The van der Waals surface area contributed by atoms with Gasteiger partial charge < -0.3 is 24.8 Å². The van der Waals surface area contributed by atoms with E-state index in [4.69, 9.17) is 9.72 Å². The molecule has 228 valence electrons. The summed E-state index contributed by atoms with van der Waals surface area (Å²) in [7, 11) is 2.19. The molecule has 1 aliphatic rings. The van der Waals surface area contributed by atoms with Crippen LogP contribution in [0.5, 0.6) is 5.75 Å². The van der Waals surface area contributed by atoms with Gasteiger partial charge in [-0.25, -0.2) is 4.98 Å². The average molecular weight is 557 g/mol.